The van der Waals surface area contributed by atoms with Crippen molar-refractivity contribution in [3.63, 3.8) is 0 Å². The van der Waals surface area contributed by atoms with Gasteiger partial charge in [-0.3, -0.25) is 0 Å². The van der Waals surface area contributed by atoms with Crippen LogP contribution in [0.5, 0.6) is 0 Å². The number of alkyl halides is 2. The van der Waals surface area contributed by atoms with Crippen LogP contribution in [0, 0.1) is 0 Å². The lowest BCUT2D eigenvalue weighted by molar-refractivity contribution is 0.726. The van der Waals surface area contributed by atoms with Crippen molar-refractivity contribution in [2.45, 2.75) is 10.4 Å². The van der Waals surface area contributed by atoms with Gasteiger partial charge in [-0.05, 0) is 12.2 Å². The highest BCUT2D eigenvalue weighted by Crippen LogP contribution is 2.30. The molecule has 56 valence electrons. The lowest BCUT2D eigenvalue weighted by Crippen LogP contribution is -2.43. The van der Waals surface area contributed by atoms with Crippen molar-refractivity contribution >= 4 is 23.2 Å². The van der Waals surface area contributed by atoms with Crippen LogP contribution in [0.2, 0.25) is 0 Å². The maximum atomic E-state index is 5.75. The maximum Gasteiger partial charge on any atom is 0.157 e. The Labute approximate surface area is 69.5 Å². The molecule has 0 saturated heterocycles. The summed E-state index contributed by atoms with van der Waals surface area (Å²) in [6.45, 7) is 0. The number of halogens is 2. The molecule has 1 aliphatic carbocycles. The SMILES string of the molecule is NC1=CC=CC(Cl)(Cl)C1N. The molecule has 0 fully saturated rings. The number of hydrogen-bond donors (Lipinski definition) is 2. The molecule has 1 unspecified atom stereocenters. The van der Waals surface area contributed by atoms with Crippen molar-refractivity contribution in [3.05, 3.63) is 23.9 Å². The summed E-state index contributed by atoms with van der Waals surface area (Å²) in [5, 5.41) is 0. The minimum atomic E-state index is -1.04. The van der Waals surface area contributed by atoms with Gasteiger partial charge < -0.3 is 11.5 Å². The Bertz CT molecular complexity index is 196. The molecule has 1 aliphatic rings. The second-order valence-corrected chi connectivity index (χ2v) is 3.62. The fraction of sp³-hybridized carbons (Fsp3) is 0.333. The zero-order valence-corrected chi connectivity index (χ0v) is 6.73. The second kappa shape index (κ2) is 2.46. The van der Waals surface area contributed by atoms with Gasteiger partial charge in [0.1, 0.15) is 0 Å². The molecule has 0 bridgehead atoms. The van der Waals surface area contributed by atoms with Gasteiger partial charge in [0, 0.05) is 5.70 Å². The lowest BCUT2D eigenvalue weighted by atomic mass is 10.1. The first-order valence-corrected chi connectivity index (χ1v) is 3.58. The smallest absolute Gasteiger partial charge is 0.157 e. The zero-order valence-electron chi connectivity index (χ0n) is 5.22. The molecular formula is C6H8Cl2N2. The topological polar surface area (TPSA) is 52.0 Å². The summed E-state index contributed by atoms with van der Waals surface area (Å²) in [5.41, 5.74) is 11.5. The third-order valence-corrected chi connectivity index (χ3v) is 2.10. The molecule has 1 rings (SSSR count). The summed E-state index contributed by atoms with van der Waals surface area (Å²) in [6, 6.07) is -0.499. The fourth-order valence-electron chi connectivity index (χ4n) is 0.717. The van der Waals surface area contributed by atoms with Crippen LogP contribution < -0.4 is 11.5 Å². The Morgan fingerprint density at radius 2 is 2.10 bits per heavy atom. The molecule has 0 aromatic rings. The van der Waals surface area contributed by atoms with Gasteiger partial charge in [0.25, 0.3) is 0 Å². The minimum Gasteiger partial charge on any atom is -0.401 e. The second-order valence-electron chi connectivity index (χ2n) is 2.18. The highest BCUT2D eigenvalue weighted by molar-refractivity contribution is 6.50. The number of hydrogen-bond acceptors (Lipinski definition) is 2. The fourth-order valence-corrected chi connectivity index (χ4v) is 1.11. The van der Waals surface area contributed by atoms with Crippen LogP contribution in [-0.4, -0.2) is 10.4 Å². The minimum absolute atomic E-state index is 0.499. The van der Waals surface area contributed by atoms with Crippen LogP contribution >= 0.6 is 23.2 Å². The van der Waals surface area contributed by atoms with Crippen LogP contribution in [0.1, 0.15) is 0 Å². The van der Waals surface area contributed by atoms with Gasteiger partial charge in [0.15, 0.2) is 4.33 Å². The van der Waals surface area contributed by atoms with Crippen LogP contribution in [0.3, 0.4) is 0 Å². The van der Waals surface area contributed by atoms with E-state index in [9.17, 15) is 0 Å². The van der Waals surface area contributed by atoms with E-state index in [0.29, 0.717) is 5.70 Å². The van der Waals surface area contributed by atoms with E-state index < -0.39 is 10.4 Å². The third kappa shape index (κ3) is 1.29. The van der Waals surface area contributed by atoms with Gasteiger partial charge in [-0.1, -0.05) is 29.3 Å². The van der Waals surface area contributed by atoms with Gasteiger partial charge >= 0.3 is 0 Å². The monoisotopic (exact) mass is 178 g/mol. The summed E-state index contributed by atoms with van der Waals surface area (Å²) in [6.07, 6.45) is 4.99. The van der Waals surface area contributed by atoms with E-state index in [-0.39, 0.29) is 0 Å². The molecule has 0 aromatic heterocycles. The Hall–Kier alpha value is -0.180. The number of allylic oxidation sites excluding steroid dienone is 2. The molecule has 0 heterocycles. The Morgan fingerprint density at radius 3 is 2.50 bits per heavy atom. The quantitative estimate of drug-likeness (QED) is 0.542. The first kappa shape index (κ1) is 7.92. The summed E-state index contributed by atoms with van der Waals surface area (Å²) >= 11 is 11.5. The van der Waals surface area contributed by atoms with Gasteiger partial charge in [0.05, 0.1) is 6.04 Å². The first-order valence-electron chi connectivity index (χ1n) is 2.82. The molecule has 0 aliphatic heterocycles. The molecule has 0 radical (unpaired) electrons. The molecule has 4 N–H and O–H groups in total. The lowest BCUT2D eigenvalue weighted by Gasteiger charge is -2.26. The van der Waals surface area contributed by atoms with Crippen molar-refractivity contribution in [3.8, 4) is 0 Å². The normalized spacial score (nSPS) is 29.9. The van der Waals surface area contributed by atoms with Crippen molar-refractivity contribution in [1.82, 2.24) is 0 Å². The molecule has 1 atom stereocenters. The standard InChI is InChI=1S/C6H8Cl2N2/c7-6(8)3-1-2-4(9)5(6)10/h1-3,5H,9-10H2. The Morgan fingerprint density at radius 1 is 1.50 bits per heavy atom. The number of rotatable bonds is 0. The summed E-state index contributed by atoms with van der Waals surface area (Å²) in [4.78, 5) is 0. The largest absolute Gasteiger partial charge is 0.401 e. The average molecular weight is 179 g/mol. The summed E-state index contributed by atoms with van der Waals surface area (Å²) < 4.78 is -1.04. The molecule has 0 saturated carbocycles. The highest BCUT2D eigenvalue weighted by atomic mass is 35.5. The van der Waals surface area contributed by atoms with Crippen molar-refractivity contribution in [1.29, 1.82) is 0 Å². The predicted molar refractivity (Wildman–Crippen MR) is 43.8 cm³/mol. The van der Waals surface area contributed by atoms with Crippen LogP contribution in [0.15, 0.2) is 23.9 Å². The van der Waals surface area contributed by atoms with E-state index in [1.807, 2.05) is 0 Å². The molecule has 2 nitrogen and oxygen atoms in total. The van der Waals surface area contributed by atoms with Gasteiger partial charge in [-0.2, -0.15) is 0 Å². The predicted octanol–water partition coefficient (Wildman–Crippen LogP) is 0.900. The zero-order chi connectivity index (χ0) is 7.78. The van der Waals surface area contributed by atoms with E-state index in [1.165, 1.54) is 0 Å². The Kier molecular flexibility index (Phi) is 1.95. The van der Waals surface area contributed by atoms with Crippen molar-refractivity contribution in [2.75, 3.05) is 0 Å². The van der Waals surface area contributed by atoms with Gasteiger partial charge in [-0.15, -0.1) is 0 Å². The van der Waals surface area contributed by atoms with Crippen molar-refractivity contribution in [2.24, 2.45) is 11.5 Å². The molecule has 0 spiro atoms. The molecular weight excluding hydrogens is 171 g/mol. The molecule has 4 heteroatoms. The van der Waals surface area contributed by atoms with Gasteiger partial charge in [0.2, 0.25) is 0 Å². The van der Waals surface area contributed by atoms with E-state index in [1.54, 1.807) is 18.2 Å². The van der Waals surface area contributed by atoms with E-state index in [2.05, 4.69) is 0 Å². The molecule has 0 amide bonds. The van der Waals surface area contributed by atoms with E-state index in [0.717, 1.165) is 0 Å². The van der Waals surface area contributed by atoms with Crippen LogP contribution in [-0.2, 0) is 0 Å². The average Bonchev–Trinajstić information content (AvgIpc) is 1.83. The van der Waals surface area contributed by atoms with E-state index in [4.69, 9.17) is 34.7 Å². The number of nitrogens with two attached hydrogens (primary N) is 2. The molecule has 10 heavy (non-hydrogen) atoms. The first-order chi connectivity index (χ1) is 4.54. The maximum absolute atomic E-state index is 5.75. The van der Waals surface area contributed by atoms with Gasteiger partial charge in [-0.25, -0.2) is 0 Å². The highest BCUT2D eigenvalue weighted by Gasteiger charge is 2.32. The summed E-state index contributed by atoms with van der Waals surface area (Å²) in [7, 11) is 0. The third-order valence-electron chi connectivity index (χ3n) is 1.38. The van der Waals surface area contributed by atoms with Crippen LogP contribution in [0.4, 0.5) is 0 Å². The van der Waals surface area contributed by atoms with Crippen molar-refractivity contribution < 1.29 is 0 Å². The van der Waals surface area contributed by atoms with Crippen LogP contribution in [0.25, 0.3) is 0 Å². The molecule has 0 aromatic carbocycles. The Balaban J connectivity index is 2.89. The summed E-state index contributed by atoms with van der Waals surface area (Å²) in [5.74, 6) is 0. The van der Waals surface area contributed by atoms with E-state index >= 15 is 0 Å².